The van der Waals surface area contributed by atoms with Gasteiger partial charge in [0.15, 0.2) is 11.5 Å². The zero-order valence-electron chi connectivity index (χ0n) is 20.8. The Morgan fingerprint density at radius 1 is 0.923 bits per heavy atom. The van der Waals surface area contributed by atoms with Gasteiger partial charge in [0, 0.05) is 5.39 Å². The van der Waals surface area contributed by atoms with Gasteiger partial charge in [-0.2, -0.15) is 0 Å². The highest BCUT2D eigenvalue weighted by molar-refractivity contribution is 8.18. The molecule has 0 aliphatic carbocycles. The molecule has 1 fully saturated rings. The predicted molar refractivity (Wildman–Crippen MR) is 152 cm³/mol. The zero-order chi connectivity index (χ0) is 27.4. The number of carbonyl (C=O) groups excluding carboxylic acids is 3. The minimum Gasteiger partial charge on any atom is -0.493 e. The lowest BCUT2D eigenvalue weighted by atomic mass is 10.1. The lowest BCUT2D eigenvalue weighted by Crippen LogP contribution is -2.32. The number of esters is 1. The molecule has 4 aromatic rings. The molecule has 1 aliphatic rings. The Balaban J connectivity index is 1.26. The third-order valence-corrected chi connectivity index (χ3v) is 7.21. The molecule has 0 radical (unpaired) electrons. The molecule has 0 aromatic heterocycles. The number of fused-ring (bicyclic) bond motifs is 1. The van der Waals surface area contributed by atoms with E-state index in [0.29, 0.717) is 11.3 Å². The first-order valence-electron chi connectivity index (χ1n) is 12.0. The molecule has 39 heavy (non-hydrogen) atoms. The number of hydrogen-bond donors (Lipinski definition) is 0. The Labute approximate surface area is 233 Å². The number of halogens is 1. The first-order valence-corrected chi connectivity index (χ1v) is 13.1. The largest absolute Gasteiger partial charge is 0.493 e. The van der Waals surface area contributed by atoms with Crippen LogP contribution in [-0.4, -0.2) is 42.3 Å². The van der Waals surface area contributed by atoms with Crippen LogP contribution in [0.2, 0.25) is 5.02 Å². The monoisotopic (exact) mass is 559 g/mol. The molecule has 0 bridgehead atoms. The highest BCUT2D eigenvalue weighted by atomic mass is 35.5. The third kappa shape index (κ3) is 5.77. The quantitative estimate of drug-likeness (QED) is 0.133. The SMILES string of the molecule is COc1cc(/C=C2\SC(=O)N(CCOc3cccc4ccccc34)C2=O)ccc1OC(=O)c1ccccc1Cl. The van der Waals surface area contributed by atoms with E-state index in [4.69, 9.17) is 25.8 Å². The van der Waals surface area contributed by atoms with Crippen molar-refractivity contribution in [3.8, 4) is 17.2 Å². The summed E-state index contributed by atoms with van der Waals surface area (Å²) in [4.78, 5) is 39.5. The molecule has 0 spiro atoms. The molecule has 7 nitrogen and oxygen atoms in total. The molecule has 1 aliphatic heterocycles. The van der Waals surface area contributed by atoms with Gasteiger partial charge in [-0.3, -0.25) is 14.5 Å². The van der Waals surface area contributed by atoms with Gasteiger partial charge in [0.1, 0.15) is 12.4 Å². The van der Waals surface area contributed by atoms with Gasteiger partial charge in [-0.1, -0.05) is 66.2 Å². The second kappa shape index (κ2) is 11.6. The molecule has 196 valence electrons. The molecule has 9 heteroatoms. The van der Waals surface area contributed by atoms with Crippen molar-refractivity contribution in [3.05, 3.63) is 106 Å². The van der Waals surface area contributed by atoms with E-state index in [1.165, 1.54) is 12.0 Å². The van der Waals surface area contributed by atoms with Crippen molar-refractivity contribution in [3.63, 3.8) is 0 Å². The second-order valence-electron chi connectivity index (χ2n) is 8.44. The van der Waals surface area contributed by atoms with E-state index in [2.05, 4.69) is 0 Å². The van der Waals surface area contributed by atoms with Gasteiger partial charge in [-0.25, -0.2) is 4.79 Å². The van der Waals surface area contributed by atoms with Gasteiger partial charge < -0.3 is 14.2 Å². The standard InChI is InChI=1S/C30H22ClNO6S/c1-36-26-17-19(13-14-25(26)38-29(34)22-10-4-5-11-23(22)31)18-27-28(33)32(30(35)39-27)15-16-37-24-12-6-8-20-7-2-3-9-21(20)24/h2-14,17-18H,15-16H2,1H3/b27-18-. The van der Waals surface area contributed by atoms with Gasteiger partial charge in [0.05, 0.1) is 29.1 Å². The number of carbonyl (C=O) groups is 3. The average Bonchev–Trinajstić information content (AvgIpc) is 3.21. The number of methoxy groups -OCH3 is 1. The van der Waals surface area contributed by atoms with Crippen LogP contribution in [0.1, 0.15) is 15.9 Å². The number of imide groups is 1. The van der Waals surface area contributed by atoms with E-state index >= 15 is 0 Å². The lowest BCUT2D eigenvalue weighted by molar-refractivity contribution is -0.123. The fourth-order valence-corrected chi connectivity index (χ4v) is 5.13. The summed E-state index contributed by atoms with van der Waals surface area (Å²) in [6.07, 6.45) is 1.60. The van der Waals surface area contributed by atoms with Crippen molar-refractivity contribution in [2.75, 3.05) is 20.3 Å². The van der Waals surface area contributed by atoms with Crippen LogP contribution in [0.15, 0.2) is 89.8 Å². The van der Waals surface area contributed by atoms with Crippen LogP contribution >= 0.6 is 23.4 Å². The van der Waals surface area contributed by atoms with Crippen LogP contribution in [-0.2, 0) is 4.79 Å². The molecular formula is C30H22ClNO6S. The van der Waals surface area contributed by atoms with Crippen LogP contribution in [0.4, 0.5) is 4.79 Å². The molecule has 2 amide bonds. The summed E-state index contributed by atoms with van der Waals surface area (Å²) in [5, 5.41) is 1.91. The van der Waals surface area contributed by atoms with Crippen LogP contribution in [0.25, 0.3) is 16.8 Å². The molecule has 1 heterocycles. The zero-order valence-corrected chi connectivity index (χ0v) is 22.3. The third-order valence-electron chi connectivity index (χ3n) is 5.98. The molecule has 5 rings (SSSR count). The highest BCUT2D eigenvalue weighted by Crippen LogP contribution is 2.35. The van der Waals surface area contributed by atoms with Crippen molar-refractivity contribution in [2.45, 2.75) is 0 Å². The average molecular weight is 560 g/mol. The van der Waals surface area contributed by atoms with Gasteiger partial charge in [-0.15, -0.1) is 0 Å². The number of rotatable bonds is 8. The van der Waals surface area contributed by atoms with Crippen molar-refractivity contribution in [1.82, 2.24) is 4.90 Å². The summed E-state index contributed by atoms with van der Waals surface area (Å²) in [6, 6.07) is 25.0. The molecule has 0 unspecified atom stereocenters. The Bertz CT molecular complexity index is 1610. The second-order valence-corrected chi connectivity index (χ2v) is 9.84. The summed E-state index contributed by atoms with van der Waals surface area (Å²) in [5.41, 5.74) is 0.824. The fraction of sp³-hybridized carbons (Fsp3) is 0.100. The first-order chi connectivity index (χ1) is 18.9. The number of ether oxygens (including phenoxy) is 3. The molecule has 0 N–H and O–H groups in total. The normalized spacial score (nSPS) is 14.2. The van der Waals surface area contributed by atoms with Gasteiger partial charge >= 0.3 is 5.97 Å². The Kier molecular flexibility index (Phi) is 7.86. The Hall–Kier alpha value is -4.27. The lowest BCUT2D eigenvalue weighted by Gasteiger charge is -2.14. The van der Waals surface area contributed by atoms with E-state index in [9.17, 15) is 14.4 Å². The summed E-state index contributed by atoms with van der Waals surface area (Å²) in [5.74, 6) is 0.140. The maximum atomic E-state index is 13.0. The number of nitrogens with zero attached hydrogens (tertiary/aromatic N) is 1. The van der Waals surface area contributed by atoms with Crippen molar-refractivity contribution < 1.29 is 28.6 Å². The summed E-state index contributed by atoms with van der Waals surface area (Å²) < 4.78 is 16.8. The summed E-state index contributed by atoms with van der Waals surface area (Å²) >= 11 is 6.94. The number of thioether (sulfide) groups is 1. The molecule has 0 atom stereocenters. The van der Waals surface area contributed by atoms with Crippen molar-refractivity contribution >= 4 is 57.3 Å². The molecule has 4 aromatic carbocycles. The van der Waals surface area contributed by atoms with Crippen molar-refractivity contribution in [1.29, 1.82) is 0 Å². The van der Waals surface area contributed by atoms with Gasteiger partial charge in [-0.05, 0) is 59.1 Å². The maximum Gasteiger partial charge on any atom is 0.345 e. The number of amides is 2. The summed E-state index contributed by atoms with van der Waals surface area (Å²) in [7, 11) is 1.44. The van der Waals surface area contributed by atoms with Crippen LogP contribution in [0.3, 0.4) is 0 Å². The van der Waals surface area contributed by atoms with Crippen LogP contribution in [0.5, 0.6) is 17.2 Å². The van der Waals surface area contributed by atoms with E-state index in [0.717, 1.165) is 22.5 Å². The predicted octanol–water partition coefficient (Wildman–Crippen LogP) is 6.84. The minimum atomic E-state index is -0.626. The smallest absolute Gasteiger partial charge is 0.345 e. The minimum absolute atomic E-state index is 0.117. The van der Waals surface area contributed by atoms with E-state index in [-0.39, 0.29) is 45.4 Å². The van der Waals surface area contributed by atoms with Crippen LogP contribution in [0, 0.1) is 0 Å². The van der Waals surface area contributed by atoms with Gasteiger partial charge in [0.2, 0.25) is 0 Å². The Morgan fingerprint density at radius 2 is 1.69 bits per heavy atom. The Morgan fingerprint density at radius 3 is 2.51 bits per heavy atom. The van der Waals surface area contributed by atoms with Crippen LogP contribution < -0.4 is 14.2 Å². The molecular weight excluding hydrogens is 538 g/mol. The molecule has 1 saturated heterocycles. The summed E-state index contributed by atoms with van der Waals surface area (Å²) in [6.45, 7) is 0.282. The number of benzene rings is 4. The van der Waals surface area contributed by atoms with Crippen molar-refractivity contribution in [2.24, 2.45) is 0 Å². The van der Waals surface area contributed by atoms with Gasteiger partial charge in [0.25, 0.3) is 11.1 Å². The number of hydrogen-bond acceptors (Lipinski definition) is 7. The van der Waals surface area contributed by atoms with E-state index < -0.39 is 11.9 Å². The van der Waals surface area contributed by atoms with E-state index in [1.54, 1.807) is 48.5 Å². The van der Waals surface area contributed by atoms with E-state index in [1.807, 2.05) is 42.5 Å². The first kappa shape index (κ1) is 26.3. The maximum absolute atomic E-state index is 13.0. The fourth-order valence-electron chi connectivity index (χ4n) is 4.05. The highest BCUT2D eigenvalue weighted by Gasteiger charge is 2.35. The topological polar surface area (TPSA) is 82.1 Å². The molecule has 0 saturated carbocycles.